The van der Waals surface area contributed by atoms with Crippen molar-refractivity contribution < 1.29 is 9.90 Å². The zero-order chi connectivity index (χ0) is 14.8. The van der Waals surface area contributed by atoms with Gasteiger partial charge < -0.3 is 10.4 Å². The third-order valence-corrected chi connectivity index (χ3v) is 5.40. The molecule has 1 amide bonds. The van der Waals surface area contributed by atoms with Crippen LogP contribution in [0, 0.1) is 9.49 Å². The van der Waals surface area contributed by atoms with Gasteiger partial charge in [0.1, 0.15) is 0 Å². The Morgan fingerprint density at radius 3 is 3.00 bits per heavy atom. The number of aliphatic hydroxyl groups is 1. The van der Waals surface area contributed by atoms with Crippen molar-refractivity contribution in [3.8, 4) is 0 Å². The molecule has 2 atom stereocenters. The summed E-state index contributed by atoms with van der Waals surface area (Å²) in [5.74, 6) is 0.327. The average molecular weight is 408 g/mol. The van der Waals surface area contributed by atoms with Crippen molar-refractivity contribution in [3.05, 3.63) is 32.4 Å². The van der Waals surface area contributed by atoms with E-state index in [1.165, 1.54) is 0 Å². The van der Waals surface area contributed by atoms with Crippen LogP contribution >= 0.6 is 34.2 Å². The zero-order valence-electron chi connectivity index (χ0n) is 11.5. The van der Waals surface area contributed by atoms with E-state index in [2.05, 4.69) is 34.8 Å². The molecule has 0 heterocycles. The zero-order valence-corrected chi connectivity index (χ0v) is 14.4. The minimum Gasteiger partial charge on any atom is -0.388 e. The molecular weight excluding hydrogens is 389 g/mol. The highest BCUT2D eigenvalue weighted by atomic mass is 127. The fourth-order valence-electron chi connectivity index (χ4n) is 2.78. The van der Waals surface area contributed by atoms with Crippen LogP contribution in [-0.2, 0) is 0 Å². The number of carbonyl (C=O) groups excluding carboxylic acids is 1. The number of hydrogen-bond donors (Lipinski definition) is 2. The van der Waals surface area contributed by atoms with Gasteiger partial charge in [0, 0.05) is 15.7 Å². The van der Waals surface area contributed by atoms with Gasteiger partial charge in [-0.15, -0.1) is 0 Å². The first kappa shape index (κ1) is 16.0. The Morgan fingerprint density at radius 2 is 2.35 bits per heavy atom. The molecule has 1 aliphatic carbocycles. The van der Waals surface area contributed by atoms with E-state index < -0.39 is 5.60 Å². The summed E-state index contributed by atoms with van der Waals surface area (Å²) in [5.41, 5.74) is -0.233. The fraction of sp³-hybridized carbons (Fsp3) is 0.533. The first-order chi connectivity index (χ1) is 9.39. The summed E-state index contributed by atoms with van der Waals surface area (Å²) in [6, 6.07) is 5.22. The SMILES string of the molecule is CC1CCCC(O)(CNC(=O)c2ccc(I)c(Cl)c2)C1. The van der Waals surface area contributed by atoms with Crippen LogP contribution in [0.25, 0.3) is 0 Å². The minimum atomic E-state index is -0.764. The molecule has 3 nitrogen and oxygen atoms in total. The molecule has 1 aromatic carbocycles. The van der Waals surface area contributed by atoms with Gasteiger partial charge in [-0.3, -0.25) is 4.79 Å². The third kappa shape index (κ3) is 4.09. The summed E-state index contributed by atoms with van der Waals surface area (Å²) in [6.45, 7) is 2.45. The molecular formula is C15H19ClINO2. The normalized spacial score (nSPS) is 26.3. The van der Waals surface area contributed by atoms with Gasteiger partial charge in [0.15, 0.2) is 0 Å². The van der Waals surface area contributed by atoms with E-state index in [1.54, 1.807) is 12.1 Å². The van der Waals surface area contributed by atoms with Crippen LogP contribution in [-0.4, -0.2) is 23.2 Å². The first-order valence-corrected chi connectivity index (χ1v) is 8.31. The van der Waals surface area contributed by atoms with E-state index in [-0.39, 0.29) is 5.91 Å². The second-order valence-corrected chi connectivity index (χ2v) is 7.31. The van der Waals surface area contributed by atoms with Gasteiger partial charge in [-0.25, -0.2) is 0 Å². The molecule has 1 aliphatic rings. The number of nitrogens with one attached hydrogen (secondary N) is 1. The lowest BCUT2D eigenvalue weighted by Gasteiger charge is -2.35. The molecule has 2 unspecified atom stereocenters. The van der Waals surface area contributed by atoms with Gasteiger partial charge in [0.05, 0.1) is 10.6 Å². The highest BCUT2D eigenvalue weighted by Gasteiger charge is 2.32. The minimum absolute atomic E-state index is 0.185. The number of halogens is 2. The van der Waals surface area contributed by atoms with E-state index in [1.807, 2.05) is 6.07 Å². The monoisotopic (exact) mass is 407 g/mol. The molecule has 1 fully saturated rings. The lowest BCUT2D eigenvalue weighted by atomic mass is 9.79. The molecule has 0 saturated heterocycles. The number of hydrogen-bond acceptors (Lipinski definition) is 2. The second kappa shape index (κ2) is 6.62. The highest BCUT2D eigenvalue weighted by molar-refractivity contribution is 14.1. The topological polar surface area (TPSA) is 49.3 Å². The Bertz CT molecular complexity index is 509. The maximum absolute atomic E-state index is 12.1. The predicted octanol–water partition coefficient (Wildman–Crippen LogP) is 3.62. The van der Waals surface area contributed by atoms with Crippen molar-refractivity contribution in [2.24, 2.45) is 5.92 Å². The summed E-state index contributed by atoms with van der Waals surface area (Å²) in [7, 11) is 0. The molecule has 1 saturated carbocycles. The van der Waals surface area contributed by atoms with Crippen molar-refractivity contribution in [1.82, 2.24) is 5.32 Å². The van der Waals surface area contributed by atoms with E-state index in [4.69, 9.17) is 11.6 Å². The van der Waals surface area contributed by atoms with Crippen LogP contribution in [0.4, 0.5) is 0 Å². The van der Waals surface area contributed by atoms with Gasteiger partial charge in [0.2, 0.25) is 0 Å². The number of benzene rings is 1. The predicted molar refractivity (Wildman–Crippen MR) is 89.1 cm³/mol. The lowest BCUT2D eigenvalue weighted by molar-refractivity contribution is -0.0109. The highest BCUT2D eigenvalue weighted by Crippen LogP contribution is 2.31. The number of carbonyl (C=O) groups is 1. The van der Waals surface area contributed by atoms with Gasteiger partial charge in [-0.05, 0) is 59.5 Å². The lowest BCUT2D eigenvalue weighted by Crippen LogP contribution is -2.45. The Labute approximate surface area is 138 Å². The van der Waals surface area contributed by atoms with Crippen LogP contribution in [0.2, 0.25) is 5.02 Å². The van der Waals surface area contributed by atoms with Crippen LogP contribution in [0.15, 0.2) is 18.2 Å². The molecule has 110 valence electrons. The largest absolute Gasteiger partial charge is 0.388 e. The van der Waals surface area contributed by atoms with E-state index in [0.29, 0.717) is 23.0 Å². The summed E-state index contributed by atoms with van der Waals surface area (Å²) < 4.78 is 0.917. The molecule has 2 N–H and O–H groups in total. The van der Waals surface area contributed by atoms with Crippen LogP contribution in [0.3, 0.4) is 0 Å². The molecule has 0 bridgehead atoms. The summed E-state index contributed by atoms with van der Waals surface area (Å²) in [6.07, 6.45) is 3.68. The summed E-state index contributed by atoms with van der Waals surface area (Å²) in [5, 5.41) is 13.9. The van der Waals surface area contributed by atoms with E-state index in [9.17, 15) is 9.90 Å². The Morgan fingerprint density at radius 1 is 1.60 bits per heavy atom. The molecule has 0 aromatic heterocycles. The van der Waals surface area contributed by atoms with Gasteiger partial charge >= 0.3 is 0 Å². The molecule has 0 aliphatic heterocycles. The molecule has 0 spiro atoms. The van der Waals surface area contributed by atoms with Gasteiger partial charge in [-0.2, -0.15) is 0 Å². The number of amides is 1. The van der Waals surface area contributed by atoms with Crippen molar-refractivity contribution in [3.63, 3.8) is 0 Å². The molecule has 2 rings (SSSR count). The van der Waals surface area contributed by atoms with Crippen LogP contribution in [0.1, 0.15) is 43.0 Å². The van der Waals surface area contributed by atoms with Gasteiger partial charge in [0.25, 0.3) is 5.91 Å². The van der Waals surface area contributed by atoms with Crippen LogP contribution in [0.5, 0.6) is 0 Å². The Hall–Kier alpha value is -0.330. The maximum Gasteiger partial charge on any atom is 0.251 e. The smallest absolute Gasteiger partial charge is 0.251 e. The van der Waals surface area contributed by atoms with Crippen molar-refractivity contribution in [2.45, 2.75) is 38.2 Å². The van der Waals surface area contributed by atoms with Gasteiger partial charge in [-0.1, -0.05) is 31.4 Å². The maximum atomic E-state index is 12.1. The Balaban J connectivity index is 1.96. The number of rotatable bonds is 3. The first-order valence-electron chi connectivity index (χ1n) is 6.85. The van der Waals surface area contributed by atoms with Crippen LogP contribution < -0.4 is 5.32 Å². The molecule has 0 radical (unpaired) electrons. The second-order valence-electron chi connectivity index (χ2n) is 5.74. The molecule has 5 heteroatoms. The van der Waals surface area contributed by atoms with Crippen molar-refractivity contribution in [1.29, 1.82) is 0 Å². The standard InChI is InChI=1S/C15H19ClINO2/c1-10-3-2-6-15(20,8-10)9-18-14(19)11-4-5-13(17)12(16)7-11/h4-5,7,10,20H,2-3,6,8-9H2,1H3,(H,18,19). The van der Waals surface area contributed by atoms with Crippen molar-refractivity contribution >= 4 is 40.1 Å². The Kier molecular flexibility index (Phi) is 5.31. The fourth-order valence-corrected chi connectivity index (χ4v) is 3.29. The summed E-state index contributed by atoms with van der Waals surface area (Å²) in [4.78, 5) is 12.1. The quantitative estimate of drug-likeness (QED) is 0.752. The third-order valence-electron chi connectivity index (χ3n) is 3.83. The molecule has 1 aromatic rings. The van der Waals surface area contributed by atoms with E-state index in [0.717, 1.165) is 29.3 Å². The summed E-state index contributed by atoms with van der Waals surface area (Å²) >= 11 is 8.14. The van der Waals surface area contributed by atoms with Crippen molar-refractivity contribution in [2.75, 3.05) is 6.54 Å². The van der Waals surface area contributed by atoms with E-state index >= 15 is 0 Å². The molecule has 20 heavy (non-hydrogen) atoms. The average Bonchev–Trinajstić information content (AvgIpc) is 2.39.